The van der Waals surface area contributed by atoms with Gasteiger partial charge >= 0.3 is 12.4 Å². The molecule has 1 aliphatic rings. The van der Waals surface area contributed by atoms with Gasteiger partial charge in [-0.2, -0.15) is 31.3 Å². The van der Waals surface area contributed by atoms with Crippen LogP contribution < -0.4 is 0 Å². The van der Waals surface area contributed by atoms with E-state index in [2.05, 4.69) is 10.1 Å². The van der Waals surface area contributed by atoms with Gasteiger partial charge in [-0.15, -0.1) is 0 Å². The highest BCUT2D eigenvalue weighted by atomic mass is 19.4. The Balaban J connectivity index is 1.48. The highest BCUT2D eigenvalue weighted by Gasteiger charge is 2.36. The Kier molecular flexibility index (Phi) is 5.43. The lowest BCUT2D eigenvalue weighted by Crippen LogP contribution is -2.24. The van der Waals surface area contributed by atoms with Crippen LogP contribution in [0.4, 0.5) is 26.3 Å². The fourth-order valence-electron chi connectivity index (χ4n) is 3.51. The summed E-state index contributed by atoms with van der Waals surface area (Å²) in [6, 6.07) is 9.16. The number of benzene rings is 2. The van der Waals surface area contributed by atoms with Crippen molar-refractivity contribution < 1.29 is 35.7 Å². The highest BCUT2D eigenvalue weighted by Crippen LogP contribution is 2.34. The van der Waals surface area contributed by atoms with Crippen molar-refractivity contribution in [1.29, 1.82) is 0 Å². The normalized spacial score (nSPS) is 17.2. The average Bonchev–Trinajstić information content (AvgIpc) is 3.35. The van der Waals surface area contributed by atoms with Gasteiger partial charge < -0.3 is 9.42 Å². The summed E-state index contributed by atoms with van der Waals surface area (Å²) in [5, 5.41) is 3.72. The fraction of sp³-hybridized carbons (Fsp3) is 0.286. The zero-order valence-corrected chi connectivity index (χ0v) is 16.2. The fourth-order valence-corrected chi connectivity index (χ4v) is 3.51. The highest BCUT2D eigenvalue weighted by molar-refractivity contribution is 5.79. The van der Waals surface area contributed by atoms with E-state index in [0.29, 0.717) is 5.56 Å². The predicted octanol–water partition coefficient (Wildman–Crippen LogP) is 5.29. The van der Waals surface area contributed by atoms with Crippen LogP contribution in [0.5, 0.6) is 0 Å². The largest absolute Gasteiger partial charge is 0.416 e. The summed E-state index contributed by atoms with van der Waals surface area (Å²) >= 11 is 0. The van der Waals surface area contributed by atoms with Crippen LogP contribution in [0.2, 0.25) is 0 Å². The number of hydrogen-bond donors (Lipinski definition) is 0. The zero-order valence-electron chi connectivity index (χ0n) is 16.2. The third-order valence-corrected chi connectivity index (χ3v) is 5.08. The molecule has 32 heavy (non-hydrogen) atoms. The van der Waals surface area contributed by atoms with Gasteiger partial charge in [0.15, 0.2) is 0 Å². The Morgan fingerprint density at radius 3 is 2.31 bits per heavy atom. The quantitative estimate of drug-likeness (QED) is 0.502. The third-order valence-electron chi connectivity index (χ3n) is 5.08. The van der Waals surface area contributed by atoms with E-state index in [4.69, 9.17) is 4.52 Å². The molecule has 1 fully saturated rings. The molecule has 2 heterocycles. The minimum Gasteiger partial charge on any atom is -0.339 e. The van der Waals surface area contributed by atoms with Gasteiger partial charge in [0.25, 0.3) is 0 Å². The Bertz CT molecular complexity index is 1140. The van der Waals surface area contributed by atoms with Crippen LogP contribution in [0.1, 0.15) is 34.9 Å². The summed E-state index contributed by atoms with van der Waals surface area (Å²) in [5.74, 6) is -0.779. The molecule has 0 bridgehead atoms. The molecule has 0 radical (unpaired) electrons. The first-order valence-electron chi connectivity index (χ1n) is 9.46. The van der Waals surface area contributed by atoms with Gasteiger partial charge in [0, 0.05) is 25.1 Å². The molecule has 1 aromatic heterocycles. The van der Waals surface area contributed by atoms with Crippen LogP contribution in [0.3, 0.4) is 0 Å². The number of hydrogen-bond acceptors (Lipinski definition) is 4. The lowest BCUT2D eigenvalue weighted by molar-refractivity contribution is -0.138. The van der Waals surface area contributed by atoms with Gasteiger partial charge in [-0.1, -0.05) is 29.4 Å². The first-order valence-corrected chi connectivity index (χ1v) is 9.46. The molecular weight excluding hydrogens is 440 g/mol. The number of carbonyl (C=O) groups excluding carboxylic acids is 1. The maximum atomic E-state index is 12.9. The number of amides is 1. The van der Waals surface area contributed by atoms with Crippen molar-refractivity contribution in [3.63, 3.8) is 0 Å². The second-order valence-corrected chi connectivity index (χ2v) is 7.41. The molecule has 0 N–H and O–H groups in total. The summed E-state index contributed by atoms with van der Waals surface area (Å²) in [6.45, 7) is 0.118. The van der Waals surface area contributed by atoms with Gasteiger partial charge in [0.1, 0.15) is 0 Å². The lowest BCUT2D eigenvalue weighted by Gasteiger charge is -2.17. The van der Waals surface area contributed by atoms with E-state index >= 15 is 0 Å². The maximum Gasteiger partial charge on any atom is 0.416 e. The molecule has 2 aromatic carbocycles. The van der Waals surface area contributed by atoms with Gasteiger partial charge in [-0.3, -0.25) is 4.79 Å². The standard InChI is InChI=1S/C21H15F6N3O2/c22-20(23,24)15-5-1-3-12(7-15)10-30-11-14(9-17(30)31)19-28-18(29-32-19)13-4-2-6-16(8-13)21(25,26)27/h1-8,14H,9-11H2. The molecule has 5 nitrogen and oxygen atoms in total. The van der Waals surface area contributed by atoms with Crippen molar-refractivity contribution in [2.45, 2.75) is 31.2 Å². The molecule has 1 amide bonds. The van der Waals surface area contributed by atoms with Gasteiger partial charge in [-0.05, 0) is 29.8 Å². The summed E-state index contributed by atoms with van der Waals surface area (Å²) in [4.78, 5) is 17.9. The second kappa shape index (κ2) is 7.95. The number of nitrogens with zero attached hydrogens (tertiary/aromatic N) is 3. The predicted molar refractivity (Wildman–Crippen MR) is 99.0 cm³/mol. The number of carbonyl (C=O) groups is 1. The lowest BCUT2D eigenvalue weighted by atomic mass is 10.1. The zero-order chi connectivity index (χ0) is 23.1. The summed E-state index contributed by atoms with van der Waals surface area (Å²) < 4.78 is 82.6. The molecule has 1 unspecified atom stereocenters. The Hall–Kier alpha value is -3.37. The molecule has 3 aromatic rings. The topological polar surface area (TPSA) is 59.2 Å². The molecular formula is C21H15F6N3O2. The van der Waals surface area contributed by atoms with E-state index in [1.807, 2.05) is 0 Å². The van der Waals surface area contributed by atoms with E-state index in [0.717, 1.165) is 24.3 Å². The molecule has 1 atom stereocenters. The summed E-state index contributed by atoms with van der Waals surface area (Å²) in [5.41, 5.74) is -1.23. The van der Waals surface area contributed by atoms with Crippen LogP contribution >= 0.6 is 0 Å². The minimum absolute atomic E-state index is 0.00316. The van der Waals surface area contributed by atoms with Crippen LogP contribution in [-0.4, -0.2) is 27.5 Å². The molecule has 0 aliphatic carbocycles. The first-order chi connectivity index (χ1) is 15.0. The van der Waals surface area contributed by atoms with E-state index in [-0.39, 0.29) is 42.7 Å². The Labute approximate surface area is 177 Å². The molecule has 168 valence electrons. The van der Waals surface area contributed by atoms with E-state index in [9.17, 15) is 31.1 Å². The molecule has 1 aliphatic heterocycles. The van der Waals surface area contributed by atoms with Crippen molar-refractivity contribution >= 4 is 5.91 Å². The smallest absolute Gasteiger partial charge is 0.339 e. The number of alkyl halides is 6. The molecule has 11 heteroatoms. The Morgan fingerprint density at radius 2 is 1.62 bits per heavy atom. The number of aromatic nitrogens is 2. The van der Waals surface area contributed by atoms with Crippen molar-refractivity contribution in [2.75, 3.05) is 6.54 Å². The number of rotatable bonds is 4. The second-order valence-electron chi connectivity index (χ2n) is 7.41. The van der Waals surface area contributed by atoms with Crippen molar-refractivity contribution in [3.05, 3.63) is 71.1 Å². The third kappa shape index (κ3) is 4.61. The molecule has 1 saturated heterocycles. The van der Waals surface area contributed by atoms with E-state index < -0.39 is 29.4 Å². The van der Waals surface area contributed by atoms with E-state index in [1.165, 1.54) is 29.2 Å². The van der Waals surface area contributed by atoms with Crippen LogP contribution in [-0.2, 0) is 23.7 Å². The molecule has 0 spiro atoms. The van der Waals surface area contributed by atoms with E-state index in [1.54, 1.807) is 0 Å². The number of halogens is 6. The Morgan fingerprint density at radius 1 is 0.969 bits per heavy atom. The van der Waals surface area contributed by atoms with Crippen LogP contribution in [0, 0.1) is 0 Å². The number of likely N-dealkylation sites (tertiary alicyclic amines) is 1. The summed E-state index contributed by atoms with van der Waals surface area (Å²) in [7, 11) is 0. The average molecular weight is 455 g/mol. The SMILES string of the molecule is O=C1CC(c2nc(-c3cccc(C(F)(F)F)c3)no2)CN1Cc1cccc(C(F)(F)F)c1. The van der Waals surface area contributed by atoms with Gasteiger partial charge in [0.2, 0.25) is 17.6 Å². The summed E-state index contributed by atoms with van der Waals surface area (Å²) in [6.07, 6.45) is -9.01. The first kappa shape index (κ1) is 21.8. The van der Waals surface area contributed by atoms with Crippen molar-refractivity contribution in [1.82, 2.24) is 15.0 Å². The van der Waals surface area contributed by atoms with Crippen molar-refractivity contribution in [3.8, 4) is 11.4 Å². The minimum atomic E-state index is -4.52. The molecule has 0 saturated carbocycles. The monoisotopic (exact) mass is 455 g/mol. The van der Waals surface area contributed by atoms with Crippen LogP contribution in [0.25, 0.3) is 11.4 Å². The van der Waals surface area contributed by atoms with Crippen LogP contribution in [0.15, 0.2) is 53.1 Å². The maximum absolute atomic E-state index is 12.9. The van der Waals surface area contributed by atoms with Crippen molar-refractivity contribution in [2.24, 2.45) is 0 Å². The van der Waals surface area contributed by atoms with Gasteiger partial charge in [-0.25, -0.2) is 0 Å². The van der Waals surface area contributed by atoms with Gasteiger partial charge in [0.05, 0.1) is 17.0 Å². The molecule has 4 rings (SSSR count).